The highest BCUT2D eigenvalue weighted by Crippen LogP contribution is 2.23. The summed E-state index contributed by atoms with van der Waals surface area (Å²) in [6, 6.07) is 6.13. The maximum absolute atomic E-state index is 5.35. The molecule has 0 aliphatic carbocycles. The van der Waals surface area contributed by atoms with Crippen molar-refractivity contribution < 1.29 is 4.74 Å². The maximum Gasteiger partial charge on any atom is 0.123 e. The molecule has 0 amide bonds. The molecular formula is C12H18BrNOS. The van der Waals surface area contributed by atoms with Crippen LogP contribution in [0.3, 0.4) is 0 Å². The Bertz CT molecular complexity index is 333. The largest absolute Gasteiger partial charge is 0.496 e. The molecule has 0 bridgehead atoms. The van der Waals surface area contributed by atoms with Gasteiger partial charge in [-0.05, 0) is 31.5 Å². The monoisotopic (exact) mass is 303 g/mol. The molecule has 0 heterocycles. The first-order valence-electron chi connectivity index (χ1n) is 5.17. The van der Waals surface area contributed by atoms with E-state index in [0.717, 1.165) is 29.1 Å². The fourth-order valence-corrected chi connectivity index (χ4v) is 2.39. The van der Waals surface area contributed by atoms with Gasteiger partial charge in [0.2, 0.25) is 0 Å². The van der Waals surface area contributed by atoms with Crippen molar-refractivity contribution >= 4 is 27.7 Å². The molecule has 0 unspecified atom stereocenters. The Morgan fingerprint density at radius 2 is 2.19 bits per heavy atom. The van der Waals surface area contributed by atoms with Crippen LogP contribution >= 0.6 is 27.7 Å². The Morgan fingerprint density at radius 3 is 2.81 bits per heavy atom. The smallest absolute Gasteiger partial charge is 0.123 e. The highest BCUT2D eigenvalue weighted by molar-refractivity contribution is 9.10. The number of thioether (sulfide) groups is 1. The van der Waals surface area contributed by atoms with Gasteiger partial charge in [-0.15, -0.1) is 0 Å². The van der Waals surface area contributed by atoms with Crippen LogP contribution in [-0.4, -0.2) is 37.6 Å². The third kappa shape index (κ3) is 4.36. The number of hydrogen-bond acceptors (Lipinski definition) is 3. The van der Waals surface area contributed by atoms with Crippen LogP contribution in [0.15, 0.2) is 22.7 Å². The first-order valence-corrected chi connectivity index (χ1v) is 7.36. The summed E-state index contributed by atoms with van der Waals surface area (Å²) in [6.45, 7) is 2.01. The molecule has 0 N–H and O–H groups in total. The van der Waals surface area contributed by atoms with E-state index < -0.39 is 0 Å². The quantitative estimate of drug-likeness (QED) is 0.800. The second-order valence-corrected chi connectivity index (χ2v) is 5.59. The molecule has 0 spiro atoms. The lowest BCUT2D eigenvalue weighted by Crippen LogP contribution is -2.20. The summed E-state index contributed by atoms with van der Waals surface area (Å²) in [4.78, 5) is 2.31. The predicted octanol–water partition coefficient (Wildman–Crippen LogP) is 3.25. The second-order valence-electron chi connectivity index (χ2n) is 3.69. The summed E-state index contributed by atoms with van der Waals surface area (Å²) in [7, 11) is 3.85. The number of rotatable bonds is 6. The molecule has 0 aliphatic rings. The Hall–Kier alpha value is -0.190. The number of benzene rings is 1. The van der Waals surface area contributed by atoms with Gasteiger partial charge in [-0.2, -0.15) is 11.8 Å². The molecule has 0 saturated carbocycles. The molecule has 1 aromatic carbocycles. The Balaban J connectivity index is 2.67. The van der Waals surface area contributed by atoms with Crippen molar-refractivity contribution in [2.75, 3.05) is 32.7 Å². The minimum atomic E-state index is 0.920. The van der Waals surface area contributed by atoms with Gasteiger partial charge in [-0.3, -0.25) is 0 Å². The molecule has 1 aromatic rings. The number of nitrogens with zero attached hydrogens (tertiary/aromatic N) is 1. The molecule has 16 heavy (non-hydrogen) atoms. The van der Waals surface area contributed by atoms with Crippen molar-refractivity contribution in [2.45, 2.75) is 6.54 Å². The van der Waals surface area contributed by atoms with Gasteiger partial charge in [-0.25, -0.2) is 0 Å². The van der Waals surface area contributed by atoms with Crippen molar-refractivity contribution in [1.29, 1.82) is 0 Å². The van der Waals surface area contributed by atoms with E-state index in [2.05, 4.69) is 40.2 Å². The van der Waals surface area contributed by atoms with E-state index in [1.54, 1.807) is 7.11 Å². The topological polar surface area (TPSA) is 12.5 Å². The molecule has 4 heteroatoms. The van der Waals surface area contributed by atoms with Crippen LogP contribution in [0.4, 0.5) is 0 Å². The van der Waals surface area contributed by atoms with E-state index >= 15 is 0 Å². The van der Waals surface area contributed by atoms with Crippen LogP contribution in [0.25, 0.3) is 0 Å². The lowest BCUT2D eigenvalue weighted by atomic mass is 10.2. The van der Waals surface area contributed by atoms with E-state index in [1.165, 1.54) is 5.56 Å². The van der Waals surface area contributed by atoms with Gasteiger partial charge in [0.1, 0.15) is 5.75 Å². The van der Waals surface area contributed by atoms with Crippen LogP contribution < -0.4 is 4.74 Å². The standard InChI is InChI=1S/C12H18BrNOS/c1-14(6-7-16-3)9-10-8-11(13)4-5-12(10)15-2/h4-5,8H,6-7,9H2,1-3H3. The van der Waals surface area contributed by atoms with Crippen LogP contribution in [0.2, 0.25) is 0 Å². The first kappa shape index (κ1) is 13.9. The summed E-state index contributed by atoms with van der Waals surface area (Å²) < 4.78 is 6.45. The fraction of sp³-hybridized carbons (Fsp3) is 0.500. The second kappa shape index (κ2) is 7.20. The zero-order valence-corrected chi connectivity index (χ0v) is 12.4. The molecule has 2 nitrogen and oxygen atoms in total. The molecule has 1 rings (SSSR count). The van der Waals surface area contributed by atoms with Crippen molar-refractivity contribution in [3.63, 3.8) is 0 Å². The van der Waals surface area contributed by atoms with Gasteiger partial charge in [0, 0.05) is 28.9 Å². The first-order chi connectivity index (χ1) is 7.67. The average Bonchev–Trinajstić information content (AvgIpc) is 2.27. The third-order valence-electron chi connectivity index (χ3n) is 2.36. The van der Waals surface area contributed by atoms with Gasteiger partial charge in [0.25, 0.3) is 0 Å². The predicted molar refractivity (Wildman–Crippen MR) is 75.4 cm³/mol. The highest BCUT2D eigenvalue weighted by Gasteiger charge is 2.06. The van der Waals surface area contributed by atoms with E-state index in [-0.39, 0.29) is 0 Å². The normalized spacial score (nSPS) is 10.8. The van der Waals surface area contributed by atoms with Gasteiger partial charge >= 0.3 is 0 Å². The van der Waals surface area contributed by atoms with E-state index in [9.17, 15) is 0 Å². The summed E-state index contributed by atoms with van der Waals surface area (Å²) in [5, 5.41) is 0. The van der Waals surface area contributed by atoms with Crippen molar-refractivity contribution in [3.05, 3.63) is 28.2 Å². The van der Waals surface area contributed by atoms with E-state index in [1.807, 2.05) is 23.9 Å². The molecule has 90 valence electrons. The van der Waals surface area contributed by atoms with E-state index in [0.29, 0.717) is 0 Å². The van der Waals surface area contributed by atoms with Crippen LogP contribution in [0.5, 0.6) is 5.75 Å². The van der Waals surface area contributed by atoms with Gasteiger partial charge in [-0.1, -0.05) is 15.9 Å². The summed E-state index contributed by atoms with van der Waals surface area (Å²) >= 11 is 5.36. The molecule has 0 aromatic heterocycles. The van der Waals surface area contributed by atoms with Crippen molar-refractivity contribution in [1.82, 2.24) is 4.90 Å². The maximum atomic E-state index is 5.35. The highest BCUT2D eigenvalue weighted by atomic mass is 79.9. The SMILES string of the molecule is COc1ccc(Br)cc1CN(C)CCSC. The Labute approximate surface area is 110 Å². The molecule has 0 fully saturated rings. The van der Waals surface area contributed by atoms with E-state index in [4.69, 9.17) is 4.74 Å². The van der Waals surface area contributed by atoms with Crippen LogP contribution in [-0.2, 0) is 6.54 Å². The average molecular weight is 304 g/mol. The molecule has 0 saturated heterocycles. The van der Waals surface area contributed by atoms with Crippen molar-refractivity contribution in [2.24, 2.45) is 0 Å². The third-order valence-corrected chi connectivity index (χ3v) is 3.44. The van der Waals surface area contributed by atoms with Crippen LogP contribution in [0.1, 0.15) is 5.56 Å². The Morgan fingerprint density at radius 1 is 1.44 bits per heavy atom. The van der Waals surface area contributed by atoms with Gasteiger partial charge in [0.15, 0.2) is 0 Å². The van der Waals surface area contributed by atoms with Crippen molar-refractivity contribution in [3.8, 4) is 5.75 Å². The lowest BCUT2D eigenvalue weighted by Gasteiger charge is -2.18. The minimum Gasteiger partial charge on any atom is -0.496 e. The van der Waals surface area contributed by atoms with Gasteiger partial charge < -0.3 is 9.64 Å². The molecule has 0 radical (unpaired) electrons. The number of hydrogen-bond donors (Lipinski definition) is 0. The zero-order chi connectivity index (χ0) is 12.0. The number of methoxy groups -OCH3 is 1. The molecule has 0 atom stereocenters. The fourth-order valence-electron chi connectivity index (χ4n) is 1.49. The number of ether oxygens (including phenoxy) is 1. The zero-order valence-electron chi connectivity index (χ0n) is 10.00. The molecular weight excluding hydrogens is 286 g/mol. The molecule has 0 aliphatic heterocycles. The summed E-state index contributed by atoms with van der Waals surface area (Å²) in [6.07, 6.45) is 2.13. The van der Waals surface area contributed by atoms with Crippen LogP contribution in [0, 0.1) is 0 Å². The lowest BCUT2D eigenvalue weighted by molar-refractivity contribution is 0.335. The summed E-state index contributed by atoms with van der Waals surface area (Å²) in [5.74, 6) is 2.12. The summed E-state index contributed by atoms with van der Waals surface area (Å²) in [5.41, 5.74) is 1.22. The minimum absolute atomic E-state index is 0.920. The van der Waals surface area contributed by atoms with Gasteiger partial charge in [0.05, 0.1) is 7.11 Å². The number of halogens is 1. The Kier molecular flexibility index (Phi) is 6.24.